The molecule has 0 spiro atoms. The van der Waals surface area contributed by atoms with Gasteiger partial charge < -0.3 is 10.3 Å². The molecule has 0 atom stereocenters. The lowest BCUT2D eigenvalue weighted by atomic mass is 10.00. The number of sulfone groups is 1. The zero-order valence-electron chi connectivity index (χ0n) is 10.8. The van der Waals surface area contributed by atoms with Gasteiger partial charge in [-0.05, 0) is 25.0 Å². The number of benzene rings is 1. The van der Waals surface area contributed by atoms with E-state index in [1.165, 1.54) is 0 Å². The summed E-state index contributed by atoms with van der Waals surface area (Å²) in [5.74, 6) is 0.555. The van der Waals surface area contributed by atoms with Crippen molar-refractivity contribution in [2.24, 2.45) is 5.73 Å². The quantitative estimate of drug-likeness (QED) is 0.917. The van der Waals surface area contributed by atoms with E-state index >= 15 is 0 Å². The molecule has 0 amide bonds. The molecule has 0 bridgehead atoms. The van der Waals surface area contributed by atoms with Gasteiger partial charge in [0, 0.05) is 5.56 Å². The topological polar surface area (TPSA) is 99.1 Å². The molecule has 2 N–H and O–H groups in total. The van der Waals surface area contributed by atoms with Crippen molar-refractivity contribution in [3.05, 3.63) is 30.2 Å². The van der Waals surface area contributed by atoms with Crippen LogP contribution in [0, 0.1) is 0 Å². The third kappa shape index (κ3) is 2.12. The van der Waals surface area contributed by atoms with Gasteiger partial charge in [-0.2, -0.15) is 4.98 Å². The van der Waals surface area contributed by atoms with Gasteiger partial charge in [-0.25, -0.2) is 8.42 Å². The highest BCUT2D eigenvalue weighted by Crippen LogP contribution is 2.35. The van der Waals surface area contributed by atoms with Crippen molar-refractivity contribution in [3.8, 4) is 11.4 Å². The van der Waals surface area contributed by atoms with Crippen LogP contribution in [0.4, 0.5) is 0 Å². The normalized spacial score (nSPS) is 16.1. The fourth-order valence-corrected chi connectivity index (χ4v) is 4.25. The van der Waals surface area contributed by atoms with Gasteiger partial charge in [0.15, 0.2) is 9.84 Å². The molecule has 1 saturated carbocycles. The third-order valence-corrected chi connectivity index (χ3v) is 5.89. The minimum absolute atomic E-state index is 0.130. The van der Waals surface area contributed by atoms with E-state index in [-0.39, 0.29) is 28.4 Å². The third-order valence-electron chi connectivity index (χ3n) is 3.57. The minimum Gasteiger partial charge on any atom is -0.338 e. The Labute approximate surface area is 116 Å². The van der Waals surface area contributed by atoms with Gasteiger partial charge in [-0.15, -0.1) is 0 Å². The van der Waals surface area contributed by atoms with Gasteiger partial charge in [-0.3, -0.25) is 0 Å². The molecule has 0 radical (unpaired) electrons. The molecule has 106 valence electrons. The van der Waals surface area contributed by atoms with Crippen LogP contribution in [0.5, 0.6) is 0 Å². The summed E-state index contributed by atoms with van der Waals surface area (Å²) < 4.78 is 30.1. The van der Waals surface area contributed by atoms with Crippen molar-refractivity contribution in [1.29, 1.82) is 0 Å². The lowest BCUT2D eigenvalue weighted by Crippen LogP contribution is -2.28. The maximum atomic E-state index is 12.6. The summed E-state index contributed by atoms with van der Waals surface area (Å²) in [5, 5.41) is 3.52. The van der Waals surface area contributed by atoms with Crippen LogP contribution in [0.25, 0.3) is 11.4 Å². The van der Waals surface area contributed by atoms with Gasteiger partial charge in [0.2, 0.25) is 11.7 Å². The number of hydrogen-bond donors (Lipinski definition) is 1. The van der Waals surface area contributed by atoms with Crippen molar-refractivity contribution in [2.75, 3.05) is 0 Å². The molecule has 0 unspecified atom stereocenters. The first-order valence-corrected chi connectivity index (χ1v) is 8.03. The SMILES string of the molecule is NCc1nc(-c2ccccc2S(=O)(=O)C2CCC2)no1. The molecule has 0 saturated heterocycles. The van der Waals surface area contributed by atoms with Crippen molar-refractivity contribution < 1.29 is 12.9 Å². The Morgan fingerprint density at radius 1 is 1.30 bits per heavy atom. The Balaban J connectivity index is 2.08. The molecule has 7 heteroatoms. The lowest BCUT2D eigenvalue weighted by Gasteiger charge is -2.25. The van der Waals surface area contributed by atoms with E-state index in [4.69, 9.17) is 10.3 Å². The Morgan fingerprint density at radius 3 is 2.65 bits per heavy atom. The molecule has 1 aromatic heterocycles. The summed E-state index contributed by atoms with van der Waals surface area (Å²) in [6.07, 6.45) is 2.40. The van der Waals surface area contributed by atoms with E-state index in [1.54, 1.807) is 24.3 Å². The van der Waals surface area contributed by atoms with Crippen LogP contribution < -0.4 is 5.73 Å². The van der Waals surface area contributed by atoms with E-state index in [0.29, 0.717) is 5.56 Å². The number of nitrogens with zero attached hydrogens (tertiary/aromatic N) is 2. The van der Waals surface area contributed by atoms with Crippen LogP contribution in [-0.4, -0.2) is 23.8 Å². The van der Waals surface area contributed by atoms with Gasteiger partial charge in [-0.1, -0.05) is 23.7 Å². The van der Waals surface area contributed by atoms with Crippen molar-refractivity contribution >= 4 is 9.84 Å². The van der Waals surface area contributed by atoms with Crippen molar-refractivity contribution in [2.45, 2.75) is 36.0 Å². The predicted molar refractivity (Wildman–Crippen MR) is 72.5 cm³/mol. The highest BCUT2D eigenvalue weighted by atomic mass is 32.2. The highest BCUT2D eigenvalue weighted by Gasteiger charge is 2.34. The summed E-state index contributed by atoms with van der Waals surface area (Å²) in [4.78, 5) is 4.38. The van der Waals surface area contributed by atoms with Gasteiger partial charge in [0.25, 0.3) is 0 Å². The smallest absolute Gasteiger partial charge is 0.240 e. The average Bonchev–Trinajstić information content (AvgIpc) is 2.85. The maximum absolute atomic E-state index is 12.6. The molecule has 1 fully saturated rings. The van der Waals surface area contributed by atoms with Gasteiger partial charge in [0.1, 0.15) is 0 Å². The average molecular weight is 293 g/mol. The molecule has 0 aliphatic heterocycles. The highest BCUT2D eigenvalue weighted by molar-refractivity contribution is 7.92. The van der Waals surface area contributed by atoms with E-state index in [1.807, 2.05) is 0 Å². The summed E-state index contributed by atoms with van der Waals surface area (Å²) >= 11 is 0. The van der Waals surface area contributed by atoms with E-state index in [0.717, 1.165) is 19.3 Å². The van der Waals surface area contributed by atoms with Crippen LogP contribution in [-0.2, 0) is 16.4 Å². The summed E-state index contributed by atoms with van der Waals surface area (Å²) in [6, 6.07) is 6.75. The van der Waals surface area contributed by atoms with E-state index < -0.39 is 9.84 Å². The fourth-order valence-electron chi connectivity index (χ4n) is 2.21. The second-order valence-corrected chi connectivity index (χ2v) is 7.01. The molecule has 1 heterocycles. The summed E-state index contributed by atoms with van der Waals surface area (Å²) in [6.45, 7) is 0.130. The number of aromatic nitrogens is 2. The number of nitrogens with two attached hydrogens (primary N) is 1. The Hall–Kier alpha value is -1.73. The Morgan fingerprint density at radius 2 is 2.05 bits per heavy atom. The number of hydrogen-bond acceptors (Lipinski definition) is 6. The van der Waals surface area contributed by atoms with Crippen LogP contribution in [0.3, 0.4) is 0 Å². The second-order valence-electron chi connectivity index (χ2n) is 4.81. The van der Waals surface area contributed by atoms with E-state index in [2.05, 4.69) is 10.1 Å². The molecule has 20 heavy (non-hydrogen) atoms. The zero-order valence-corrected chi connectivity index (χ0v) is 11.6. The van der Waals surface area contributed by atoms with Crippen LogP contribution in [0.15, 0.2) is 33.7 Å². The minimum atomic E-state index is -3.33. The molecule has 2 aromatic rings. The standard InChI is InChI=1S/C13H15N3O3S/c14-8-12-15-13(16-19-12)10-6-1-2-7-11(10)20(17,18)9-4-3-5-9/h1-2,6-7,9H,3-5,8,14H2. The number of rotatable bonds is 4. The van der Waals surface area contributed by atoms with Crippen molar-refractivity contribution in [3.63, 3.8) is 0 Å². The zero-order chi connectivity index (χ0) is 14.2. The van der Waals surface area contributed by atoms with Gasteiger partial charge >= 0.3 is 0 Å². The van der Waals surface area contributed by atoms with Crippen molar-refractivity contribution in [1.82, 2.24) is 10.1 Å². The predicted octanol–water partition coefficient (Wildman–Crippen LogP) is 1.52. The van der Waals surface area contributed by atoms with E-state index in [9.17, 15) is 8.42 Å². The molecule has 3 rings (SSSR count). The monoisotopic (exact) mass is 293 g/mol. The largest absolute Gasteiger partial charge is 0.338 e. The lowest BCUT2D eigenvalue weighted by molar-refractivity contribution is 0.380. The second kappa shape index (κ2) is 4.99. The maximum Gasteiger partial charge on any atom is 0.240 e. The van der Waals surface area contributed by atoms with Gasteiger partial charge in [0.05, 0.1) is 16.7 Å². The van der Waals surface area contributed by atoms with Crippen LogP contribution >= 0.6 is 0 Å². The molecule has 1 aromatic carbocycles. The molecule has 6 nitrogen and oxygen atoms in total. The van der Waals surface area contributed by atoms with Crippen LogP contribution in [0.2, 0.25) is 0 Å². The Bertz CT molecular complexity index is 720. The molecule has 1 aliphatic rings. The summed E-state index contributed by atoms with van der Waals surface area (Å²) in [7, 11) is -3.33. The first-order valence-electron chi connectivity index (χ1n) is 6.49. The van der Waals surface area contributed by atoms with Crippen LogP contribution in [0.1, 0.15) is 25.2 Å². The molecular weight excluding hydrogens is 278 g/mol. The fraction of sp³-hybridized carbons (Fsp3) is 0.385. The first-order chi connectivity index (χ1) is 9.63. The molecule has 1 aliphatic carbocycles. The summed E-state index contributed by atoms with van der Waals surface area (Å²) in [5.41, 5.74) is 5.90. The molecular formula is C13H15N3O3S. The Kier molecular flexibility index (Phi) is 3.31. The first kappa shape index (κ1) is 13.3.